The number of hydrogen-bond donors (Lipinski definition) is 0. The van der Waals surface area contributed by atoms with Gasteiger partial charge in [-0.3, -0.25) is 0 Å². The minimum Gasteiger partial charge on any atom is -0.358 e. The van der Waals surface area contributed by atoms with Crippen LogP contribution in [0, 0.1) is 29.7 Å². The fourth-order valence-electron chi connectivity index (χ4n) is 0. The van der Waals surface area contributed by atoms with Crippen LogP contribution in [0.3, 0.4) is 0 Å². The van der Waals surface area contributed by atoms with Crippen molar-refractivity contribution in [3.05, 3.63) is 29.7 Å². The third-order valence-electron chi connectivity index (χ3n) is 0. The van der Waals surface area contributed by atoms with E-state index in [-0.39, 0.29) is 84.9 Å². The zero-order valence-corrected chi connectivity index (χ0v) is 10.8. The standard InChI is InChI=1S/4CH3.W.Y.H2/h4*1H3;;;1H/q4*-1;+2;;/i;;;;;;1+1. The Morgan fingerprint density at radius 3 is 0.667 bits per heavy atom. The summed E-state index contributed by atoms with van der Waals surface area (Å²) in [6.45, 7) is 0. The van der Waals surface area contributed by atoms with Crippen molar-refractivity contribution in [3.63, 3.8) is 0 Å². The van der Waals surface area contributed by atoms with Crippen molar-refractivity contribution in [2.24, 2.45) is 0 Å². The van der Waals surface area contributed by atoms with Crippen LogP contribution in [-0.2, 0) is 53.8 Å². The van der Waals surface area contributed by atoms with Gasteiger partial charge >= 0.3 is 21.1 Å². The Morgan fingerprint density at radius 2 is 0.667 bits per heavy atom. The van der Waals surface area contributed by atoms with Crippen LogP contribution in [0.1, 0.15) is 1.43 Å². The first-order valence-electron chi connectivity index (χ1n) is 0. The average Bonchev–Trinajstić information content (AvgIpc) is 0. The second-order valence-corrected chi connectivity index (χ2v) is 0. The Morgan fingerprint density at radius 1 is 0.667 bits per heavy atom. The molecule has 0 spiro atoms. The van der Waals surface area contributed by atoms with Gasteiger partial charge in [-0.1, -0.05) is 0 Å². The molecule has 0 aliphatic rings. The van der Waals surface area contributed by atoms with E-state index in [1.54, 1.807) is 0 Å². The molecule has 0 rings (SSSR count). The molecule has 0 aliphatic carbocycles. The molecule has 0 aromatic heterocycles. The molecule has 0 bridgehead atoms. The second-order valence-electron chi connectivity index (χ2n) is 0. The average molecular weight is 336 g/mol. The molecule has 0 heterocycles. The van der Waals surface area contributed by atoms with E-state index in [1.165, 1.54) is 0 Å². The smallest absolute Gasteiger partial charge is 0.358 e. The van der Waals surface area contributed by atoms with Crippen LogP contribution in [0.5, 0.6) is 0 Å². The predicted octanol–water partition coefficient (Wildman–Crippen LogP) is 2.04. The van der Waals surface area contributed by atoms with E-state index in [2.05, 4.69) is 0 Å². The third-order valence-corrected chi connectivity index (χ3v) is 0. The van der Waals surface area contributed by atoms with Gasteiger partial charge < -0.3 is 29.7 Å². The molecule has 0 aliphatic heterocycles. The molecule has 0 nitrogen and oxygen atoms in total. The van der Waals surface area contributed by atoms with Crippen LogP contribution in [0.2, 0.25) is 0 Å². The van der Waals surface area contributed by atoms with Gasteiger partial charge in [0.1, 0.15) is 0 Å². The fraction of sp³-hybridized carbons (Fsp3) is 0. The summed E-state index contributed by atoms with van der Waals surface area (Å²) < 4.78 is 0. The minimum absolute atomic E-state index is 0. The van der Waals surface area contributed by atoms with Crippen molar-refractivity contribution in [3.8, 4) is 0 Å². The zero-order valence-electron chi connectivity index (χ0n) is 4.99. The van der Waals surface area contributed by atoms with E-state index in [1.807, 2.05) is 0 Å². The Kier molecular flexibility index (Phi) is 1320. The molecule has 0 atom stereocenters. The summed E-state index contributed by atoms with van der Waals surface area (Å²) in [6, 6.07) is 0. The maximum absolute atomic E-state index is 0. The van der Waals surface area contributed by atoms with Crippen molar-refractivity contribution in [1.82, 2.24) is 0 Å². The van der Waals surface area contributed by atoms with E-state index in [0.29, 0.717) is 0 Å². The molecule has 2 heteroatoms. The van der Waals surface area contributed by atoms with Crippen LogP contribution in [-0.4, -0.2) is 0 Å². The monoisotopic (exact) mass is 336 g/mol. The van der Waals surface area contributed by atoms with Crippen LogP contribution in [0.25, 0.3) is 0 Å². The normalized spacial score (nSPS) is 0. The van der Waals surface area contributed by atoms with Gasteiger partial charge in [0.2, 0.25) is 0 Å². The van der Waals surface area contributed by atoms with Gasteiger partial charge in [-0.2, -0.15) is 0 Å². The second kappa shape index (κ2) is 70.9. The largest absolute Gasteiger partial charge is 2.00 e. The third kappa shape index (κ3) is 41.4. The van der Waals surface area contributed by atoms with Gasteiger partial charge in [0.15, 0.2) is 0 Å². The Hall–Kier alpha value is 1.79. The van der Waals surface area contributed by atoms with Crippen molar-refractivity contribution < 1.29 is 55.2 Å². The van der Waals surface area contributed by atoms with Crippen molar-refractivity contribution >= 4 is 0 Å². The number of hydrogen-bond acceptors (Lipinski definition) is 0. The molecule has 0 unspecified atom stereocenters. The molecule has 6 heavy (non-hydrogen) atoms. The summed E-state index contributed by atoms with van der Waals surface area (Å²) in [5.41, 5.74) is 0. The van der Waals surface area contributed by atoms with Gasteiger partial charge in [0.05, 0.1) is 0 Å². The summed E-state index contributed by atoms with van der Waals surface area (Å²) in [7, 11) is 0. The Balaban J connectivity index is 0. The fourth-order valence-corrected chi connectivity index (χ4v) is 0. The molecule has 0 N–H and O–H groups in total. The number of rotatable bonds is 0. The Labute approximate surface area is 84.1 Å². The van der Waals surface area contributed by atoms with E-state index >= 15 is 0 Å². The molecule has 1 radical (unpaired) electrons. The zero-order chi connectivity index (χ0) is 0. The molecule has 0 saturated carbocycles. The summed E-state index contributed by atoms with van der Waals surface area (Å²) in [5, 5.41) is 0. The molecule has 0 saturated heterocycles. The predicted molar refractivity (Wildman–Crippen MR) is 27.8 cm³/mol. The summed E-state index contributed by atoms with van der Waals surface area (Å²) in [4.78, 5) is 0. The van der Waals surface area contributed by atoms with Crippen LogP contribution in [0.15, 0.2) is 0 Å². The quantitative estimate of drug-likeness (QED) is 0.594. The first kappa shape index (κ1) is 112. The molecule has 41 valence electrons. The topological polar surface area (TPSA) is 0 Å². The maximum Gasteiger partial charge on any atom is 2.00 e. The minimum atomic E-state index is 0. The van der Waals surface area contributed by atoms with E-state index in [0.717, 1.165) is 0 Å². The van der Waals surface area contributed by atoms with Gasteiger partial charge in [0, 0.05) is 34.1 Å². The summed E-state index contributed by atoms with van der Waals surface area (Å²) in [5.74, 6) is 0. The molecule has 0 aromatic rings. The molecule has 0 amide bonds. The van der Waals surface area contributed by atoms with Gasteiger partial charge in [-0.05, 0) is 0 Å². The van der Waals surface area contributed by atoms with E-state index in [4.69, 9.17) is 0 Å². The SMILES string of the molecule is [2HH].[CH3-].[CH3-].[CH3-].[CH3-].[W+2].[Y]. The van der Waals surface area contributed by atoms with Crippen LogP contribution >= 0.6 is 0 Å². The first-order valence-corrected chi connectivity index (χ1v) is 0. The van der Waals surface area contributed by atoms with Crippen LogP contribution in [0.4, 0.5) is 0 Å². The van der Waals surface area contributed by atoms with Crippen LogP contribution < -0.4 is 0 Å². The van der Waals surface area contributed by atoms with Gasteiger partial charge in [-0.25, -0.2) is 0 Å². The summed E-state index contributed by atoms with van der Waals surface area (Å²) in [6.07, 6.45) is 0. The summed E-state index contributed by atoms with van der Waals surface area (Å²) >= 11 is 0. The van der Waals surface area contributed by atoms with Crippen molar-refractivity contribution in [2.45, 2.75) is 0 Å². The van der Waals surface area contributed by atoms with Crippen molar-refractivity contribution in [2.75, 3.05) is 0 Å². The van der Waals surface area contributed by atoms with Gasteiger partial charge in [-0.15, -0.1) is 0 Å². The first-order chi connectivity index (χ1) is 0. The van der Waals surface area contributed by atoms with Gasteiger partial charge in [0.25, 0.3) is 0 Å². The Bertz CT molecular complexity index is 11.7. The molecule has 0 fully saturated rings. The molecule has 0 aromatic carbocycles. The van der Waals surface area contributed by atoms with Crippen molar-refractivity contribution in [1.29, 1.82) is 0 Å². The molecular formula is C4H14WY-2. The molecular weight excluding hydrogens is 321 g/mol. The van der Waals surface area contributed by atoms with E-state index < -0.39 is 0 Å². The van der Waals surface area contributed by atoms with E-state index in [9.17, 15) is 0 Å². The maximum atomic E-state index is 0.